The summed E-state index contributed by atoms with van der Waals surface area (Å²) in [5.74, 6) is 2.60. The zero-order chi connectivity index (χ0) is 11.5. The smallest absolute Gasteiger partial charge is 0.234 e. The molecule has 88 valence electrons. The molecule has 1 aliphatic carbocycles. The van der Waals surface area contributed by atoms with E-state index < -0.39 is 0 Å². The molecule has 1 heterocycles. The summed E-state index contributed by atoms with van der Waals surface area (Å²) in [5, 5.41) is 3.98. The maximum absolute atomic E-state index is 11.2. The highest BCUT2D eigenvalue weighted by Crippen LogP contribution is 2.36. The average molecular weight is 222 g/mol. The first-order valence-electron chi connectivity index (χ1n) is 6.03. The molecule has 0 bridgehead atoms. The second-order valence-corrected chi connectivity index (χ2v) is 4.73. The van der Waals surface area contributed by atoms with Crippen LogP contribution in [0, 0.1) is 5.92 Å². The van der Waals surface area contributed by atoms with Crippen molar-refractivity contribution in [1.82, 2.24) is 10.1 Å². The van der Waals surface area contributed by atoms with Crippen LogP contribution in [0.15, 0.2) is 4.52 Å². The predicted octanol–water partition coefficient (Wildman–Crippen LogP) is 2.49. The van der Waals surface area contributed by atoms with Gasteiger partial charge in [-0.25, -0.2) is 0 Å². The normalized spacial score (nSPS) is 24.9. The maximum Gasteiger partial charge on any atom is 0.234 e. The van der Waals surface area contributed by atoms with Crippen molar-refractivity contribution in [2.45, 2.75) is 51.9 Å². The molecule has 2 atom stereocenters. The van der Waals surface area contributed by atoms with Crippen LogP contribution in [0.1, 0.15) is 57.2 Å². The molecular weight excluding hydrogens is 204 g/mol. The van der Waals surface area contributed by atoms with E-state index in [0.29, 0.717) is 18.2 Å². The van der Waals surface area contributed by atoms with E-state index in [1.807, 2.05) is 6.92 Å². The molecule has 1 aliphatic rings. The second-order valence-electron chi connectivity index (χ2n) is 4.73. The van der Waals surface area contributed by atoms with Crippen LogP contribution < -0.4 is 0 Å². The molecule has 16 heavy (non-hydrogen) atoms. The van der Waals surface area contributed by atoms with Crippen molar-refractivity contribution >= 4 is 5.78 Å². The van der Waals surface area contributed by atoms with E-state index in [0.717, 1.165) is 24.6 Å². The summed E-state index contributed by atoms with van der Waals surface area (Å²) in [5.41, 5.74) is 0. The zero-order valence-corrected chi connectivity index (χ0v) is 9.90. The lowest BCUT2D eigenvalue weighted by molar-refractivity contribution is -0.118. The van der Waals surface area contributed by atoms with Gasteiger partial charge in [0, 0.05) is 12.3 Å². The van der Waals surface area contributed by atoms with Crippen LogP contribution in [0.5, 0.6) is 0 Å². The van der Waals surface area contributed by atoms with Crippen molar-refractivity contribution in [3.8, 4) is 0 Å². The molecule has 0 N–H and O–H groups in total. The fourth-order valence-corrected chi connectivity index (χ4v) is 2.24. The lowest BCUT2D eigenvalue weighted by atomic mass is 10.1. The summed E-state index contributed by atoms with van der Waals surface area (Å²) in [4.78, 5) is 15.6. The van der Waals surface area contributed by atoms with Crippen molar-refractivity contribution in [3.63, 3.8) is 0 Å². The molecule has 1 aromatic heterocycles. The highest BCUT2D eigenvalue weighted by Gasteiger charge is 2.26. The first-order chi connectivity index (χ1) is 7.69. The van der Waals surface area contributed by atoms with Gasteiger partial charge in [0.1, 0.15) is 5.78 Å². The largest absolute Gasteiger partial charge is 0.339 e. The van der Waals surface area contributed by atoms with Crippen LogP contribution in [0.25, 0.3) is 0 Å². The van der Waals surface area contributed by atoms with Gasteiger partial charge in [-0.2, -0.15) is 4.98 Å². The van der Waals surface area contributed by atoms with Gasteiger partial charge in [0.2, 0.25) is 5.89 Å². The van der Waals surface area contributed by atoms with Gasteiger partial charge in [0.25, 0.3) is 0 Å². The Hall–Kier alpha value is -1.19. The van der Waals surface area contributed by atoms with Crippen molar-refractivity contribution in [1.29, 1.82) is 0 Å². The minimum Gasteiger partial charge on any atom is -0.339 e. The summed E-state index contributed by atoms with van der Waals surface area (Å²) in [7, 11) is 0. The number of aromatic nitrogens is 2. The molecule has 4 nitrogen and oxygen atoms in total. The van der Waals surface area contributed by atoms with E-state index in [1.165, 1.54) is 6.42 Å². The van der Waals surface area contributed by atoms with Crippen molar-refractivity contribution < 1.29 is 9.32 Å². The Morgan fingerprint density at radius 2 is 2.31 bits per heavy atom. The molecule has 2 rings (SSSR count). The predicted molar refractivity (Wildman–Crippen MR) is 59.1 cm³/mol. The number of rotatable bonds is 4. The number of Topliss-reactive ketones (excluding diaryl/α,β-unsaturated/α-hetero) is 1. The Bertz CT molecular complexity index is 373. The Balaban J connectivity index is 1.99. The third-order valence-electron chi connectivity index (χ3n) is 3.29. The van der Waals surface area contributed by atoms with Crippen molar-refractivity contribution in [2.24, 2.45) is 5.92 Å². The van der Waals surface area contributed by atoms with E-state index >= 15 is 0 Å². The fraction of sp³-hybridized carbons (Fsp3) is 0.750. The SMILES string of the molecule is CCC(=O)Cc1nc(C2CCC(C)C2)no1. The van der Waals surface area contributed by atoms with Crippen molar-refractivity contribution in [3.05, 3.63) is 11.7 Å². The van der Waals surface area contributed by atoms with E-state index in [-0.39, 0.29) is 12.2 Å². The van der Waals surface area contributed by atoms with Crippen LogP contribution in [0.4, 0.5) is 0 Å². The van der Waals surface area contributed by atoms with Crippen LogP contribution >= 0.6 is 0 Å². The number of hydrogen-bond donors (Lipinski definition) is 0. The van der Waals surface area contributed by atoms with Crippen LogP contribution in [0.3, 0.4) is 0 Å². The van der Waals surface area contributed by atoms with Gasteiger partial charge >= 0.3 is 0 Å². The highest BCUT2D eigenvalue weighted by molar-refractivity contribution is 5.79. The number of nitrogens with zero attached hydrogens (tertiary/aromatic N) is 2. The van der Waals surface area contributed by atoms with Gasteiger partial charge in [0.15, 0.2) is 5.82 Å². The Morgan fingerprint density at radius 3 is 2.94 bits per heavy atom. The summed E-state index contributed by atoms with van der Waals surface area (Å²) in [6.45, 7) is 4.10. The van der Waals surface area contributed by atoms with Crippen molar-refractivity contribution in [2.75, 3.05) is 0 Å². The van der Waals surface area contributed by atoms with Crippen LogP contribution in [0.2, 0.25) is 0 Å². The maximum atomic E-state index is 11.2. The Morgan fingerprint density at radius 1 is 1.50 bits per heavy atom. The van der Waals surface area contributed by atoms with E-state index in [9.17, 15) is 4.79 Å². The van der Waals surface area contributed by atoms with Gasteiger partial charge in [0.05, 0.1) is 6.42 Å². The van der Waals surface area contributed by atoms with E-state index in [4.69, 9.17) is 4.52 Å². The molecule has 1 aromatic rings. The molecule has 0 aliphatic heterocycles. The number of hydrogen-bond acceptors (Lipinski definition) is 4. The molecule has 2 unspecified atom stereocenters. The Kier molecular flexibility index (Phi) is 3.36. The van der Waals surface area contributed by atoms with Gasteiger partial charge in [-0.05, 0) is 25.2 Å². The molecule has 0 saturated heterocycles. The number of ketones is 1. The topological polar surface area (TPSA) is 56.0 Å². The summed E-state index contributed by atoms with van der Waals surface area (Å²) in [6, 6.07) is 0. The van der Waals surface area contributed by atoms with Gasteiger partial charge in [-0.1, -0.05) is 19.0 Å². The fourth-order valence-electron chi connectivity index (χ4n) is 2.24. The first kappa shape index (κ1) is 11.3. The first-order valence-corrected chi connectivity index (χ1v) is 6.03. The second kappa shape index (κ2) is 4.76. The van der Waals surface area contributed by atoms with E-state index in [1.54, 1.807) is 0 Å². The molecule has 0 amide bonds. The molecule has 0 aromatic carbocycles. The minimum absolute atomic E-state index is 0.148. The standard InChI is InChI=1S/C12H18N2O2/c1-3-10(15)7-11-13-12(14-16-11)9-5-4-8(2)6-9/h8-9H,3-7H2,1-2H3. The highest BCUT2D eigenvalue weighted by atomic mass is 16.5. The third kappa shape index (κ3) is 2.49. The average Bonchev–Trinajstić information content (AvgIpc) is 2.87. The lowest BCUT2D eigenvalue weighted by Crippen LogP contribution is -2.01. The molecule has 1 fully saturated rings. The van der Waals surface area contributed by atoms with Gasteiger partial charge < -0.3 is 4.52 Å². The summed E-state index contributed by atoms with van der Waals surface area (Å²) in [6.07, 6.45) is 4.33. The molecule has 0 spiro atoms. The van der Waals surface area contributed by atoms with E-state index in [2.05, 4.69) is 17.1 Å². The lowest BCUT2D eigenvalue weighted by Gasteiger charge is -2.01. The summed E-state index contributed by atoms with van der Waals surface area (Å²) < 4.78 is 5.10. The van der Waals surface area contributed by atoms with Crippen LogP contribution in [-0.4, -0.2) is 15.9 Å². The molecular formula is C12H18N2O2. The van der Waals surface area contributed by atoms with Gasteiger partial charge in [-0.15, -0.1) is 0 Å². The summed E-state index contributed by atoms with van der Waals surface area (Å²) >= 11 is 0. The van der Waals surface area contributed by atoms with Gasteiger partial charge in [-0.3, -0.25) is 4.79 Å². The Labute approximate surface area is 95.4 Å². The third-order valence-corrected chi connectivity index (χ3v) is 3.29. The monoisotopic (exact) mass is 222 g/mol. The number of carbonyl (C=O) groups is 1. The zero-order valence-electron chi connectivity index (χ0n) is 9.90. The molecule has 0 radical (unpaired) electrons. The molecule has 4 heteroatoms. The van der Waals surface area contributed by atoms with Crippen LogP contribution in [-0.2, 0) is 11.2 Å². The quantitative estimate of drug-likeness (QED) is 0.785. The minimum atomic E-state index is 0.148. The number of carbonyl (C=O) groups excluding carboxylic acids is 1. The molecule has 1 saturated carbocycles.